The minimum Gasteiger partial charge on any atom is -0.0801 e. The molecule has 0 heterocycles. The van der Waals surface area contributed by atoms with Gasteiger partial charge in [-0.2, -0.15) is 0 Å². The standard InChI is InChI=1S/2H2OP/c2*1-2/h2*2H2/q2*+1. The number of hydrogen-bond acceptors (Lipinski definition) is 2. The summed E-state index contributed by atoms with van der Waals surface area (Å²) in [6, 6.07) is 0. The van der Waals surface area contributed by atoms with Gasteiger partial charge in [0.25, 0.3) is 0 Å². The third-order valence-corrected chi connectivity index (χ3v) is 0. The number of hydrogen-bond donors (Lipinski definition) is 0. The average Bonchev–Trinajstić information content (AvgIpc) is 1.50. The third-order valence-electron chi connectivity index (χ3n) is 0. The molecule has 0 radical (unpaired) electrons. The highest BCUT2D eigenvalue weighted by Gasteiger charge is 0.851. The van der Waals surface area contributed by atoms with Crippen LogP contribution in [0, 0.1) is 0 Å². The summed E-state index contributed by atoms with van der Waals surface area (Å²) in [5.41, 5.74) is 0. The van der Waals surface area contributed by atoms with Gasteiger partial charge in [0.15, 0.2) is 0 Å². The average molecular weight is 98.0 g/mol. The van der Waals surface area contributed by atoms with E-state index in [1.807, 2.05) is 0 Å². The molecule has 2 unspecified atom stereocenters. The summed E-state index contributed by atoms with van der Waals surface area (Å²) in [6.07, 6.45) is 0. The second kappa shape index (κ2) is 387. The lowest BCUT2D eigenvalue weighted by atomic mass is 16.0. The van der Waals surface area contributed by atoms with Gasteiger partial charge in [-0.1, -0.05) is 9.13 Å². The molecule has 0 bridgehead atoms. The van der Waals surface area contributed by atoms with Gasteiger partial charge in [-0.3, -0.25) is 0 Å². The third kappa shape index (κ3) is 79.2. The van der Waals surface area contributed by atoms with Crippen LogP contribution in [0.2, 0.25) is 0 Å². The zero-order valence-corrected chi connectivity index (χ0v) is 4.28. The Hall–Kier alpha value is 0.200. The highest BCUT2D eigenvalue weighted by atomic mass is 31.0. The molecule has 0 N–H and O–H groups in total. The van der Waals surface area contributed by atoms with E-state index in [-0.39, 0.29) is 0 Å². The van der Waals surface area contributed by atoms with Crippen molar-refractivity contribution in [3.63, 3.8) is 0 Å². The van der Waals surface area contributed by atoms with E-state index in [1.54, 1.807) is 0 Å². The van der Waals surface area contributed by atoms with Gasteiger partial charge >= 0.3 is 18.2 Å². The Morgan fingerprint density at radius 3 is 0.750 bits per heavy atom. The van der Waals surface area contributed by atoms with Gasteiger partial charge in [-0.05, 0) is 0 Å². The molecule has 4 heteroatoms. The fraction of sp³-hybridized carbons (Fsp3) is 0. The molecule has 24 valence electrons. The monoisotopic (exact) mass is 98.0 g/mol. The van der Waals surface area contributed by atoms with Crippen LogP contribution in [0.3, 0.4) is 0 Å². The molecule has 0 amide bonds. The largest absolute Gasteiger partial charge is 0.310 e. The van der Waals surface area contributed by atoms with Crippen molar-refractivity contribution in [1.29, 1.82) is 0 Å². The summed E-state index contributed by atoms with van der Waals surface area (Å²) in [7, 11) is 2.33. The molecule has 0 aliphatic rings. The molecule has 0 aromatic rings. The van der Waals surface area contributed by atoms with Crippen LogP contribution in [0.1, 0.15) is 0 Å². The first-order chi connectivity index (χ1) is 2.00. The summed E-state index contributed by atoms with van der Waals surface area (Å²) in [5.74, 6) is 0. The van der Waals surface area contributed by atoms with Crippen LogP contribution in [0.25, 0.3) is 0 Å². The van der Waals surface area contributed by atoms with E-state index in [0.717, 1.165) is 0 Å². The van der Waals surface area contributed by atoms with Gasteiger partial charge in [0, 0.05) is 0 Å². The normalized spacial score (nSPS) is 2.00. The smallest absolute Gasteiger partial charge is 0.0801 e. The van der Waals surface area contributed by atoms with E-state index < -0.39 is 0 Å². The van der Waals surface area contributed by atoms with Crippen LogP contribution in [0.4, 0.5) is 0 Å². The van der Waals surface area contributed by atoms with Gasteiger partial charge in [0.05, 0.1) is 0 Å². The van der Waals surface area contributed by atoms with Crippen LogP contribution in [0.15, 0.2) is 0 Å². The quantitative estimate of drug-likeness (QED) is 0.411. The van der Waals surface area contributed by atoms with Crippen molar-refractivity contribution in [2.75, 3.05) is 0 Å². The van der Waals surface area contributed by atoms with E-state index in [2.05, 4.69) is 0 Å². The maximum Gasteiger partial charge on any atom is 0.310 e. The molecule has 0 spiro atoms. The van der Waals surface area contributed by atoms with Gasteiger partial charge in [0.1, 0.15) is 0 Å². The Bertz CT molecular complexity index is 6.00. The van der Waals surface area contributed by atoms with Gasteiger partial charge in [0.2, 0.25) is 0 Å². The molecule has 0 fully saturated rings. The van der Waals surface area contributed by atoms with Crippen molar-refractivity contribution < 1.29 is 9.13 Å². The van der Waals surface area contributed by atoms with Gasteiger partial charge in [-0.15, -0.1) is 0 Å². The van der Waals surface area contributed by atoms with Crippen LogP contribution in [-0.4, -0.2) is 0 Å². The van der Waals surface area contributed by atoms with Crippen molar-refractivity contribution in [1.82, 2.24) is 0 Å². The van der Waals surface area contributed by atoms with E-state index in [4.69, 9.17) is 9.13 Å². The molecule has 0 aromatic carbocycles. The molecule has 0 saturated carbocycles. The van der Waals surface area contributed by atoms with Gasteiger partial charge < -0.3 is 0 Å². The predicted molar refractivity (Wildman–Crippen MR) is 20.8 cm³/mol. The highest BCUT2D eigenvalue weighted by molar-refractivity contribution is 7.00. The summed E-state index contributed by atoms with van der Waals surface area (Å²) >= 11 is 0. The molecular weight excluding hydrogens is 93.9 g/mol. The maximum absolute atomic E-state index is 8.17. The van der Waals surface area contributed by atoms with Crippen molar-refractivity contribution in [3.05, 3.63) is 0 Å². The SMILES string of the molecule is O=[PH2+].O=[PH2+]. The zero-order valence-electron chi connectivity index (χ0n) is 1.97. The van der Waals surface area contributed by atoms with E-state index in [0.29, 0.717) is 0 Å². The van der Waals surface area contributed by atoms with Crippen molar-refractivity contribution >= 4 is 18.2 Å². The predicted octanol–water partition coefficient (Wildman–Crippen LogP) is 0.414. The first kappa shape index (κ1) is 8.89. The van der Waals surface area contributed by atoms with E-state index in [1.165, 1.54) is 18.2 Å². The van der Waals surface area contributed by atoms with Gasteiger partial charge in [-0.25, -0.2) is 0 Å². The lowest BCUT2D eigenvalue weighted by molar-refractivity contribution is 0.607. The summed E-state index contributed by atoms with van der Waals surface area (Å²) in [6.45, 7) is 0. The minimum atomic E-state index is 1.17. The first-order valence-corrected chi connectivity index (χ1v) is 1.41. The Morgan fingerprint density at radius 2 is 0.750 bits per heavy atom. The Kier molecular flexibility index (Phi) is 860. The number of rotatable bonds is 0. The molecular formula is H4O2P2+2. The second-order valence-electron chi connectivity index (χ2n) is 0. The Balaban J connectivity index is 0. The fourth-order valence-corrected chi connectivity index (χ4v) is 0. The van der Waals surface area contributed by atoms with Crippen molar-refractivity contribution in [3.8, 4) is 0 Å². The lowest BCUT2D eigenvalue weighted by Gasteiger charge is -0.618. The summed E-state index contributed by atoms with van der Waals surface area (Å²) in [5, 5.41) is 0. The molecule has 2 nitrogen and oxygen atoms in total. The minimum absolute atomic E-state index is 1.17. The topological polar surface area (TPSA) is 34.1 Å². The summed E-state index contributed by atoms with van der Waals surface area (Å²) < 4.78 is 16.3. The summed E-state index contributed by atoms with van der Waals surface area (Å²) in [4.78, 5) is 0. The fourth-order valence-electron chi connectivity index (χ4n) is 0. The van der Waals surface area contributed by atoms with Crippen LogP contribution in [0.5, 0.6) is 0 Å². The first-order valence-electron chi connectivity index (χ1n) is 0.471. The second-order valence-corrected chi connectivity index (χ2v) is 0. The Morgan fingerprint density at radius 1 is 0.750 bits per heavy atom. The molecule has 0 saturated heterocycles. The molecule has 0 aromatic heterocycles. The van der Waals surface area contributed by atoms with Crippen LogP contribution in [-0.2, 0) is 9.13 Å². The van der Waals surface area contributed by atoms with E-state index >= 15 is 0 Å². The maximum atomic E-state index is 8.17. The molecule has 4 heavy (non-hydrogen) atoms. The van der Waals surface area contributed by atoms with Crippen LogP contribution >= 0.6 is 18.2 Å². The van der Waals surface area contributed by atoms with Crippen molar-refractivity contribution in [2.24, 2.45) is 0 Å². The molecule has 0 aliphatic heterocycles. The molecule has 0 rings (SSSR count). The Labute approximate surface area is 28.4 Å². The van der Waals surface area contributed by atoms with Crippen molar-refractivity contribution in [2.45, 2.75) is 0 Å². The lowest BCUT2D eigenvalue weighted by Crippen LogP contribution is -0.489. The van der Waals surface area contributed by atoms with Crippen LogP contribution < -0.4 is 0 Å². The highest BCUT2D eigenvalue weighted by Crippen LogP contribution is 1.23. The van der Waals surface area contributed by atoms with E-state index in [9.17, 15) is 0 Å². The molecule has 0 aliphatic carbocycles. The molecule has 2 atom stereocenters. The zero-order chi connectivity index (χ0) is 4.00.